The highest BCUT2D eigenvalue weighted by Crippen LogP contribution is 2.93. The molecule has 0 aliphatic carbocycles. The lowest BCUT2D eigenvalue weighted by molar-refractivity contribution is 0.116. The summed E-state index contributed by atoms with van der Waals surface area (Å²) in [5.74, 6) is 0. The van der Waals surface area contributed by atoms with Gasteiger partial charge in [-0.05, 0) is 13.8 Å². The third-order valence-electron chi connectivity index (χ3n) is 2.18. The first kappa shape index (κ1) is 13.0. The van der Waals surface area contributed by atoms with Crippen LogP contribution in [0.5, 0.6) is 0 Å². The Morgan fingerprint density at radius 3 is 1.38 bits per heavy atom. The van der Waals surface area contributed by atoms with Crippen LogP contribution >= 0.6 is 9.64 Å². The highest BCUT2D eigenvalue weighted by atomic mass is 32.4. The largest absolute Gasteiger partial charge is 0.366 e. The Labute approximate surface area is 75.6 Å². The third-order valence-corrected chi connectivity index (χ3v) is 5.61. The molecule has 0 bridgehead atoms. The molecule has 0 aliphatic rings. The van der Waals surface area contributed by atoms with Crippen LogP contribution in [0.15, 0.2) is 0 Å². The number of nitrogens with two attached hydrogens (primary N) is 1. The molecule has 0 spiro atoms. The summed E-state index contributed by atoms with van der Waals surface area (Å²) in [5, 5.41) is 4.58. The predicted octanol–water partition coefficient (Wildman–Crippen LogP) is 2.37. The first-order chi connectivity index (χ1) is 5.49. The van der Waals surface area contributed by atoms with Crippen LogP contribution in [0, 0.1) is 0 Å². The fraction of sp³-hybridized carbons (Fsp3) is 1.00. The van der Waals surface area contributed by atoms with Crippen molar-refractivity contribution in [2.24, 2.45) is 5.14 Å². The van der Waals surface area contributed by atoms with Crippen LogP contribution in [-0.4, -0.2) is 25.1 Å². The molecule has 13 heavy (non-hydrogen) atoms. The summed E-state index contributed by atoms with van der Waals surface area (Å²) in [5.41, 5.74) is -3.98. The molecule has 0 fully saturated rings. The second kappa shape index (κ2) is 2.75. The van der Waals surface area contributed by atoms with E-state index in [2.05, 4.69) is 14.6 Å². The smallest absolute Gasteiger partial charge is 0.153 e. The van der Waals surface area contributed by atoms with Crippen molar-refractivity contribution in [2.75, 3.05) is 14.2 Å². The highest BCUT2D eigenvalue weighted by Gasteiger charge is 2.68. The van der Waals surface area contributed by atoms with Crippen molar-refractivity contribution in [1.29, 1.82) is 0 Å². The highest BCUT2D eigenvalue weighted by molar-refractivity contribution is 8.52. The normalized spacial score (nSPS) is 23.1. The van der Waals surface area contributed by atoms with Crippen molar-refractivity contribution in [3.05, 3.63) is 0 Å². The summed E-state index contributed by atoms with van der Waals surface area (Å²) in [7, 11) is -5.32. The molecule has 0 amide bonds. The molecule has 0 rings (SSSR count). The lowest BCUT2D eigenvalue weighted by atomic mass is 10.8. The second-order valence-electron chi connectivity index (χ2n) is 2.99. The van der Waals surface area contributed by atoms with E-state index in [1.165, 1.54) is 0 Å². The number of methoxy groups -OCH3 is 2. The van der Waals surface area contributed by atoms with Gasteiger partial charge in [0, 0.05) is 14.2 Å². The van der Waals surface area contributed by atoms with E-state index in [4.69, 9.17) is 0 Å². The Morgan fingerprint density at radius 1 is 1.00 bits per heavy atom. The SMILES string of the molecule is COC(C)S(N)(F)(F)(F)C(C)OC. The topological polar surface area (TPSA) is 44.5 Å². The van der Waals surface area contributed by atoms with Gasteiger partial charge < -0.3 is 9.47 Å². The maximum atomic E-state index is 13.6. The summed E-state index contributed by atoms with van der Waals surface area (Å²) in [6.45, 7) is 1.77. The molecular weight excluding hydrogens is 207 g/mol. The summed E-state index contributed by atoms with van der Waals surface area (Å²) in [4.78, 5) is 0. The number of hydrogen-bond donors (Lipinski definition) is 1. The molecule has 7 heteroatoms. The van der Waals surface area contributed by atoms with Crippen LogP contribution in [0.2, 0.25) is 0 Å². The van der Waals surface area contributed by atoms with Gasteiger partial charge in [0.25, 0.3) is 0 Å². The predicted molar refractivity (Wildman–Crippen MR) is 48.0 cm³/mol. The Kier molecular flexibility index (Phi) is 2.76. The fourth-order valence-corrected chi connectivity index (χ4v) is 2.13. The third kappa shape index (κ3) is 2.09. The second-order valence-corrected chi connectivity index (χ2v) is 7.09. The average molecular weight is 223 g/mol. The molecule has 84 valence electrons. The quantitative estimate of drug-likeness (QED) is 0.795. The van der Waals surface area contributed by atoms with Crippen molar-refractivity contribution >= 4 is 9.64 Å². The summed E-state index contributed by atoms with van der Waals surface area (Å²) < 4.78 is 49.2. The van der Waals surface area contributed by atoms with E-state index in [1.54, 1.807) is 0 Å². The molecule has 2 N–H and O–H groups in total. The zero-order valence-corrected chi connectivity index (χ0v) is 8.91. The van der Waals surface area contributed by atoms with Gasteiger partial charge in [-0.15, -0.1) is 11.7 Å². The minimum Gasteiger partial charge on any atom is -0.366 e. The van der Waals surface area contributed by atoms with E-state index in [1.807, 2.05) is 0 Å². The molecule has 0 aromatic rings. The molecule has 0 aliphatic heterocycles. The van der Waals surface area contributed by atoms with E-state index in [0.29, 0.717) is 0 Å². The van der Waals surface area contributed by atoms with Gasteiger partial charge in [0.05, 0.1) is 0 Å². The van der Waals surface area contributed by atoms with E-state index in [9.17, 15) is 11.7 Å². The Hall–Kier alpha value is 0.0200. The van der Waals surface area contributed by atoms with E-state index >= 15 is 0 Å². The molecule has 0 saturated heterocycles. The van der Waals surface area contributed by atoms with Crippen molar-refractivity contribution < 1.29 is 21.1 Å². The molecule has 2 atom stereocenters. The van der Waals surface area contributed by atoms with Crippen LogP contribution in [0.25, 0.3) is 0 Å². The van der Waals surface area contributed by atoms with Gasteiger partial charge in [-0.25, -0.2) is 5.14 Å². The lowest BCUT2D eigenvalue weighted by Crippen LogP contribution is -2.49. The van der Waals surface area contributed by atoms with Gasteiger partial charge in [0.1, 0.15) is 9.64 Å². The van der Waals surface area contributed by atoms with E-state index in [-0.39, 0.29) is 0 Å². The fourth-order valence-electron chi connectivity index (χ4n) is 0.710. The van der Waals surface area contributed by atoms with Crippen molar-refractivity contribution in [3.63, 3.8) is 0 Å². The summed E-state index contributed by atoms with van der Waals surface area (Å²) in [6.07, 6.45) is 0. The molecule has 0 radical (unpaired) electrons. The van der Waals surface area contributed by atoms with Crippen molar-refractivity contribution in [2.45, 2.75) is 24.7 Å². The summed E-state index contributed by atoms with van der Waals surface area (Å²) in [6, 6.07) is 0. The zero-order valence-electron chi connectivity index (χ0n) is 8.09. The molecular formula is C6H16F3NO2S. The van der Waals surface area contributed by atoms with Gasteiger partial charge in [-0.3, -0.25) is 0 Å². The lowest BCUT2D eigenvalue weighted by Gasteiger charge is -2.60. The van der Waals surface area contributed by atoms with Crippen LogP contribution < -0.4 is 5.14 Å². The van der Waals surface area contributed by atoms with Gasteiger partial charge in [0.15, 0.2) is 10.9 Å². The maximum Gasteiger partial charge on any atom is 0.153 e. The molecule has 2 unspecified atom stereocenters. The Morgan fingerprint density at radius 2 is 1.23 bits per heavy atom. The van der Waals surface area contributed by atoms with Crippen LogP contribution in [0.1, 0.15) is 13.8 Å². The molecule has 3 nitrogen and oxygen atoms in total. The average Bonchev–Trinajstić information content (AvgIpc) is 1.99. The number of hydrogen-bond acceptors (Lipinski definition) is 3. The van der Waals surface area contributed by atoms with Gasteiger partial charge in [-0.2, -0.15) is 0 Å². The maximum absolute atomic E-state index is 13.6. The van der Waals surface area contributed by atoms with Crippen LogP contribution in [0.4, 0.5) is 11.7 Å². The zero-order chi connectivity index (χ0) is 11.0. The first-order valence-corrected chi connectivity index (χ1v) is 5.95. The van der Waals surface area contributed by atoms with Crippen molar-refractivity contribution in [3.8, 4) is 0 Å². The molecule has 0 aromatic carbocycles. The monoisotopic (exact) mass is 223 g/mol. The molecule has 0 aromatic heterocycles. The van der Waals surface area contributed by atoms with Gasteiger partial charge >= 0.3 is 0 Å². The molecule has 0 saturated carbocycles. The minimum absolute atomic E-state index is 0.886. The van der Waals surface area contributed by atoms with E-state index < -0.39 is 20.5 Å². The Balaban J connectivity index is 5.24. The number of ether oxygens (including phenoxy) is 2. The van der Waals surface area contributed by atoms with Crippen molar-refractivity contribution in [1.82, 2.24) is 0 Å². The van der Waals surface area contributed by atoms with Crippen LogP contribution in [0.3, 0.4) is 0 Å². The number of rotatable bonds is 4. The number of halogens is 3. The van der Waals surface area contributed by atoms with E-state index in [0.717, 1.165) is 28.1 Å². The first-order valence-electron chi connectivity index (χ1n) is 3.61. The summed E-state index contributed by atoms with van der Waals surface area (Å²) >= 11 is 0. The minimum atomic E-state index is -7.26. The van der Waals surface area contributed by atoms with Gasteiger partial charge in [0.2, 0.25) is 0 Å². The standard InChI is InChI=1S/C6H16F3NO2S/c1-5(11-3)13(7,8,9,10)6(2)12-4/h5-6H,10H2,1-4H3. The van der Waals surface area contributed by atoms with Gasteiger partial charge in [-0.1, -0.05) is 0 Å². The van der Waals surface area contributed by atoms with Crippen LogP contribution in [-0.2, 0) is 9.47 Å². The Bertz CT molecular complexity index is 186. The molecule has 0 heterocycles.